The van der Waals surface area contributed by atoms with Crippen LogP contribution < -0.4 is 16.4 Å². The van der Waals surface area contributed by atoms with Crippen molar-refractivity contribution >= 4 is 39.2 Å². The lowest BCUT2D eigenvalue weighted by atomic mass is 10.3. The average molecular weight is 279 g/mol. The molecule has 0 radical (unpaired) electrons. The molecule has 2 rings (SSSR count). The number of carbonyl (C=O) groups excluding carboxylic acids is 1. The zero-order valence-corrected chi connectivity index (χ0v) is 11.8. The summed E-state index contributed by atoms with van der Waals surface area (Å²) in [6.07, 6.45) is 1.35. The van der Waals surface area contributed by atoms with Crippen molar-refractivity contribution in [2.75, 3.05) is 24.6 Å². The average Bonchev–Trinajstić information content (AvgIpc) is 2.81. The second kappa shape index (κ2) is 5.83. The number of anilines is 2. The number of rotatable bonds is 5. The number of aryl methyl sites for hydroxylation is 1. The highest BCUT2D eigenvalue weighted by Crippen LogP contribution is 2.29. The van der Waals surface area contributed by atoms with E-state index in [4.69, 9.17) is 5.73 Å². The Kier molecular flexibility index (Phi) is 4.16. The Hall–Kier alpha value is -1.89. The number of thiophene rings is 1. The summed E-state index contributed by atoms with van der Waals surface area (Å²) in [5.74, 6) is 0.937. The highest BCUT2D eigenvalue weighted by molar-refractivity contribution is 7.18. The van der Waals surface area contributed by atoms with Gasteiger partial charge in [-0.15, -0.1) is 11.3 Å². The molecule has 7 heteroatoms. The first-order valence-electron chi connectivity index (χ1n) is 6.14. The van der Waals surface area contributed by atoms with Gasteiger partial charge >= 0.3 is 0 Å². The van der Waals surface area contributed by atoms with Gasteiger partial charge in [0.15, 0.2) is 0 Å². The van der Waals surface area contributed by atoms with Crippen LogP contribution in [0.4, 0.5) is 11.8 Å². The van der Waals surface area contributed by atoms with Crippen LogP contribution in [0.15, 0.2) is 6.07 Å². The maximum atomic E-state index is 11.2. The molecule has 0 fully saturated rings. The maximum absolute atomic E-state index is 11.2. The molecule has 6 nitrogen and oxygen atoms in total. The third kappa shape index (κ3) is 3.11. The number of nitrogen functional groups attached to an aromatic ring is 1. The van der Waals surface area contributed by atoms with Crippen molar-refractivity contribution in [1.29, 1.82) is 0 Å². The molecule has 0 saturated heterocycles. The first-order chi connectivity index (χ1) is 9.13. The molecule has 4 N–H and O–H groups in total. The van der Waals surface area contributed by atoms with Crippen molar-refractivity contribution in [2.45, 2.75) is 19.8 Å². The predicted octanol–water partition coefficient (Wildman–Crippen LogP) is 1.38. The van der Waals surface area contributed by atoms with E-state index >= 15 is 0 Å². The summed E-state index contributed by atoms with van der Waals surface area (Å²) in [7, 11) is 1.62. The van der Waals surface area contributed by atoms with Crippen molar-refractivity contribution in [1.82, 2.24) is 15.3 Å². The van der Waals surface area contributed by atoms with Crippen molar-refractivity contribution in [3.8, 4) is 0 Å². The summed E-state index contributed by atoms with van der Waals surface area (Å²) >= 11 is 1.62. The number of amides is 1. The zero-order valence-electron chi connectivity index (χ0n) is 11.0. The van der Waals surface area contributed by atoms with Crippen molar-refractivity contribution in [2.24, 2.45) is 0 Å². The van der Waals surface area contributed by atoms with E-state index in [1.165, 1.54) is 4.88 Å². The standard InChI is InChI=1S/C12H17N5OS/c1-3-7-6-8-10(15-5-4-9(18)14-2)16-12(13)17-11(8)19-7/h6H,3-5H2,1-2H3,(H,14,18)(H3,13,15,16,17). The van der Waals surface area contributed by atoms with E-state index in [1.807, 2.05) is 0 Å². The highest BCUT2D eigenvalue weighted by atomic mass is 32.1. The normalized spacial score (nSPS) is 10.6. The fourth-order valence-corrected chi connectivity index (χ4v) is 2.69. The Labute approximate surface area is 115 Å². The zero-order chi connectivity index (χ0) is 13.8. The van der Waals surface area contributed by atoms with Crippen molar-refractivity contribution in [3.05, 3.63) is 10.9 Å². The third-order valence-corrected chi connectivity index (χ3v) is 3.91. The van der Waals surface area contributed by atoms with E-state index in [1.54, 1.807) is 18.4 Å². The van der Waals surface area contributed by atoms with Crippen LogP contribution in [-0.2, 0) is 11.2 Å². The Bertz CT molecular complexity index is 595. The van der Waals surface area contributed by atoms with E-state index < -0.39 is 0 Å². The van der Waals surface area contributed by atoms with Gasteiger partial charge in [0, 0.05) is 24.9 Å². The van der Waals surface area contributed by atoms with Gasteiger partial charge in [0.2, 0.25) is 11.9 Å². The largest absolute Gasteiger partial charge is 0.369 e. The van der Waals surface area contributed by atoms with Gasteiger partial charge in [-0.2, -0.15) is 4.98 Å². The lowest BCUT2D eigenvalue weighted by Crippen LogP contribution is -2.21. The quantitative estimate of drug-likeness (QED) is 0.769. The predicted molar refractivity (Wildman–Crippen MR) is 78.4 cm³/mol. The molecule has 19 heavy (non-hydrogen) atoms. The van der Waals surface area contributed by atoms with Crippen LogP contribution in [-0.4, -0.2) is 29.5 Å². The summed E-state index contributed by atoms with van der Waals surface area (Å²) in [6, 6.07) is 2.07. The van der Waals surface area contributed by atoms with Crippen LogP contribution in [0.2, 0.25) is 0 Å². The minimum atomic E-state index is -0.00895. The first kappa shape index (κ1) is 13.5. The fraction of sp³-hybridized carbons (Fsp3) is 0.417. The van der Waals surface area contributed by atoms with Crippen LogP contribution in [0.25, 0.3) is 10.2 Å². The van der Waals surface area contributed by atoms with Gasteiger partial charge in [0.25, 0.3) is 0 Å². The number of nitrogens with one attached hydrogen (secondary N) is 2. The molecule has 102 valence electrons. The smallest absolute Gasteiger partial charge is 0.223 e. The van der Waals surface area contributed by atoms with E-state index in [0.717, 1.165) is 16.6 Å². The van der Waals surface area contributed by atoms with Gasteiger partial charge in [-0.25, -0.2) is 4.98 Å². The molecule has 1 amide bonds. The number of hydrogen-bond donors (Lipinski definition) is 3. The number of fused-ring (bicyclic) bond motifs is 1. The van der Waals surface area contributed by atoms with Crippen LogP contribution in [0.3, 0.4) is 0 Å². The van der Waals surface area contributed by atoms with Crippen LogP contribution in [0.1, 0.15) is 18.2 Å². The van der Waals surface area contributed by atoms with Gasteiger partial charge in [0.05, 0.1) is 5.39 Å². The van der Waals surface area contributed by atoms with E-state index in [-0.39, 0.29) is 11.9 Å². The summed E-state index contributed by atoms with van der Waals surface area (Å²) in [5, 5.41) is 6.69. The Morgan fingerprint density at radius 3 is 2.95 bits per heavy atom. The molecule has 0 aliphatic rings. The van der Waals surface area contributed by atoms with Crippen molar-refractivity contribution < 1.29 is 4.79 Å². The number of carbonyl (C=O) groups is 1. The fourth-order valence-electron chi connectivity index (χ4n) is 1.72. The SMILES string of the molecule is CCc1cc2c(NCCC(=O)NC)nc(N)nc2s1. The van der Waals surface area contributed by atoms with E-state index in [0.29, 0.717) is 18.8 Å². The molecule has 0 saturated carbocycles. The molecular formula is C12H17N5OS. The number of hydrogen-bond acceptors (Lipinski definition) is 6. The summed E-state index contributed by atoms with van der Waals surface area (Å²) < 4.78 is 0. The van der Waals surface area contributed by atoms with Gasteiger partial charge in [-0.3, -0.25) is 4.79 Å². The molecule has 0 bridgehead atoms. The molecule has 0 unspecified atom stereocenters. The molecule has 0 aromatic carbocycles. The van der Waals surface area contributed by atoms with Gasteiger partial charge < -0.3 is 16.4 Å². The molecule has 0 aliphatic carbocycles. The lowest BCUT2D eigenvalue weighted by molar-refractivity contribution is -0.120. The number of aromatic nitrogens is 2. The lowest BCUT2D eigenvalue weighted by Gasteiger charge is -2.06. The van der Waals surface area contributed by atoms with E-state index in [2.05, 4.69) is 33.6 Å². The summed E-state index contributed by atoms with van der Waals surface area (Å²) in [5.41, 5.74) is 5.70. The molecule has 2 heterocycles. The van der Waals surface area contributed by atoms with E-state index in [9.17, 15) is 4.79 Å². The van der Waals surface area contributed by atoms with Crippen molar-refractivity contribution in [3.63, 3.8) is 0 Å². The minimum absolute atomic E-state index is 0.00895. The Morgan fingerprint density at radius 1 is 1.47 bits per heavy atom. The van der Waals surface area contributed by atoms with Gasteiger partial charge in [0.1, 0.15) is 10.6 Å². The number of nitrogens with zero attached hydrogens (tertiary/aromatic N) is 2. The number of nitrogens with two attached hydrogens (primary N) is 1. The minimum Gasteiger partial charge on any atom is -0.369 e. The second-order valence-electron chi connectivity index (χ2n) is 4.07. The first-order valence-corrected chi connectivity index (χ1v) is 6.96. The van der Waals surface area contributed by atoms with Crippen LogP contribution >= 0.6 is 11.3 Å². The second-order valence-corrected chi connectivity index (χ2v) is 5.18. The van der Waals surface area contributed by atoms with Gasteiger partial charge in [-0.05, 0) is 12.5 Å². The van der Waals surface area contributed by atoms with Crippen LogP contribution in [0.5, 0.6) is 0 Å². The third-order valence-electron chi connectivity index (χ3n) is 2.73. The molecule has 0 aliphatic heterocycles. The molecule has 0 atom stereocenters. The molecular weight excluding hydrogens is 262 g/mol. The van der Waals surface area contributed by atoms with Gasteiger partial charge in [-0.1, -0.05) is 6.92 Å². The highest BCUT2D eigenvalue weighted by Gasteiger charge is 2.10. The molecule has 2 aromatic heterocycles. The molecule has 0 spiro atoms. The summed E-state index contributed by atoms with van der Waals surface area (Å²) in [6.45, 7) is 2.61. The topological polar surface area (TPSA) is 92.9 Å². The van der Waals surface area contributed by atoms with Crippen LogP contribution in [0, 0.1) is 0 Å². The monoisotopic (exact) mass is 279 g/mol. The summed E-state index contributed by atoms with van der Waals surface area (Å²) in [4.78, 5) is 21.7. The Morgan fingerprint density at radius 2 is 2.26 bits per heavy atom. The Balaban J connectivity index is 2.21. The molecule has 2 aromatic rings. The maximum Gasteiger partial charge on any atom is 0.223 e.